The van der Waals surface area contributed by atoms with Gasteiger partial charge in [0.1, 0.15) is 0 Å². The topological polar surface area (TPSA) is 51.0 Å². The summed E-state index contributed by atoms with van der Waals surface area (Å²) in [5, 5.41) is 4.27. The van der Waals surface area contributed by atoms with Crippen LogP contribution in [0, 0.1) is 5.92 Å². The van der Waals surface area contributed by atoms with Crippen molar-refractivity contribution in [1.82, 2.24) is 14.8 Å². The molecule has 1 unspecified atom stereocenters. The van der Waals surface area contributed by atoms with Crippen LogP contribution in [-0.2, 0) is 4.79 Å². The van der Waals surface area contributed by atoms with E-state index >= 15 is 0 Å². The highest BCUT2D eigenvalue weighted by molar-refractivity contribution is 7.98. The van der Waals surface area contributed by atoms with Crippen molar-refractivity contribution in [1.29, 1.82) is 0 Å². The highest BCUT2D eigenvalue weighted by atomic mass is 32.2. The molecule has 2 aromatic rings. The fourth-order valence-corrected chi connectivity index (χ4v) is 2.54. The van der Waals surface area contributed by atoms with Crippen molar-refractivity contribution in [2.75, 3.05) is 24.0 Å². The van der Waals surface area contributed by atoms with Gasteiger partial charge in [-0.2, -0.15) is 16.9 Å². The first-order valence-electron chi connectivity index (χ1n) is 6.35. The molecule has 0 aliphatic rings. The van der Waals surface area contributed by atoms with Crippen LogP contribution in [0.25, 0.3) is 5.69 Å². The van der Waals surface area contributed by atoms with Crippen molar-refractivity contribution in [3.63, 3.8) is 0 Å². The zero-order chi connectivity index (χ0) is 14.5. The molecular formula is C14H18N4OS. The number of hydrogen-bond donors (Lipinski definition) is 0. The van der Waals surface area contributed by atoms with Gasteiger partial charge in [-0.1, -0.05) is 6.92 Å². The van der Waals surface area contributed by atoms with Gasteiger partial charge in [-0.15, -0.1) is 0 Å². The molecule has 20 heavy (non-hydrogen) atoms. The van der Waals surface area contributed by atoms with Crippen LogP contribution in [0.2, 0.25) is 0 Å². The number of thioether (sulfide) groups is 1. The lowest BCUT2D eigenvalue weighted by atomic mass is 10.2. The first-order chi connectivity index (χ1) is 9.63. The van der Waals surface area contributed by atoms with Gasteiger partial charge in [0, 0.05) is 24.9 Å². The van der Waals surface area contributed by atoms with E-state index in [1.54, 1.807) is 47.0 Å². The molecule has 0 fully saturated rings. The molecule has 0 bridgehead atoms. The molecule has 2 aromatic heterocycles. The van der Waals surface area contributed by atoms with Crippen LogP contribution in [0.3, 0.4) is 0 Å². The molecule has 2 heterocycles. The van der Waals surface area contributed by atoms with E-state index in [0.717, 1.165) is 17.1 Å². The van der Waals surface area contributed by atoms with Crippen molar-refractivity contribution < 1.29 is 4.79 Å². The minimum absolute atomic E-state index is 0.00302. The second-order valence-corrected chi connectivity index (χ2v) is 5.52. The summed E-state index contributed by atoms with van der Waals surface area (Å²) in [6.07, 6.45) is 8.98. The number of aromatic nitrogens is 3. The quantitative estimate of drug-likeness (QED) is 0.847. The normalized spacial score (nSPS) is 12.2. The van der Waals surface area contributed by atoms with Crippen LogP contribution >= 0.6 is 11.8 Å². The zero-order valence-corrected chi connectivity index (χ0v) is 12.7. The Labute approximate surface area is 123 Å². The Kier molecular flexibility index (Phi) is 4.79. The molecule has 0 aliphatic heterocycles. The fourth-order valence-electron chi connectivity index (χ4n) is 1.90. The summed E-state index contributed by atoms with van der Waals surface area (Å²) in [7, 11) is 1.78. The number of nitrogens with zero attached hydrogens (tertiary/aromatic N) is 4. The third-order valence-corrected chi connectivity index (χ3v) is 3.87. The van der Waals surface area contributed by atoms with Crippen molar-refractivity contribution in [3.05, 3.63) is 36.9 Å². The summed E-state index contributed by atoms with van der Waals surface area (Å²) >= 11 is 1.68. The van der Waals surface area contributed by atoms with E-state index in [4.69, 9.17) is 0 Å². The van der Waals surface area contributed by atoms with Gasteiger partial charge in [0.15, 0.2) is 0 Å². The molecule has 0 saturated heterocycles. The number of amides is 1. The van der Waals surface area contributed by atoms with Crippen molar-refractivity contribution >= 4 is 23.4 Å². The largest absolute Gasteiger partial charge is 0.312 e. The monoisotopic (exact) mass is 290 g/mol. The summed E-state index contributed by atoms with van der Waals surface area (Å²) in [5.74, 6) is 0.918. The standard InChI is InChI=1S/C14H18N4OS/c1-11(10-20-3)14(19)17(2)13-8-16-18(9-13)12-5-4-6-15-7-12/h4-9,11H,10H2,1-3H3. The molecule has 5 nitrogen and oxygen atoms in total. The number of rotatable bonds is 5. The van der Waals surface area contributed by atoms with Gasteiger partial charge in [-0.3, -0.25) is 9.78 Å². The van der Waals surface area contributed by atoms with Gasteiger partial charge in [0.2, 0.25) is 5.91 Å². The van der Waals surface area contributed by atoms with E-state index in [1.807, 2.05) is 31.5 Å². The molecule has 0 aromatic carbocycles. The molecule has 1 amide bonds. The highest BCUT2D eigenvalue weighted by Gasteiger charge is 2.19. The second-order valence-electron chi connectivity index (χ2n) is 4.61. The minimum Gasteiger partial charge on any atom is -0.312 e. The third kappa shape index (κ3) is 3.19. The Morgan fingerprint density at radius 2 is 2.30 bits per heavy atom. The zero-order valence-electron chi connectivity index (χ0n) is 11.9. The molecule has 0 saturated carbocycles. The molecule has 6 heteroatoms. The highest BCUT2D eigenvalue weighted by Crippen LogP contribution is 2.17. The Balaban J connectivity index is 2.14. The van der Waals surface area contributed by atoms with Gasteiger partial charge in [-0.05, 0) is 18.4 Å². The minimum atomic E-state index is -0.00302. The Morgan fingerprint density at radius 3 is 2.95 bits per heavy atom. The van der Waals surface area contributed by atoms with Crippen LogP contribution in [0.4, 0.5) is 5.69 Å². The number of pyridine rings is 1. The average molecular weight is 290 g/mol. The maximum absolute atomic E-state index is 12.2. The van der Waals surface area contributed by atoms with Crippen LogP contribution in [-0.4, -0.2) is 39.7 Å². The van der Waals surface area contributed by atoms with Crippen molar-refractivity contribution in [2.45, 2.75) is 6.92 Å². The summed E-state index contributed by atoms with van der Waals surface area (Å²) in [6, 6.07) is 3.77. The molecule has 106 valence electrons. The predicted octanol–water partition coefficient (Wildman–Crippen LogP) is 2.23. The van der Waals surface area contributed by atoms with Gasteiger partial charge < -0.3 is 4.90 Å². The van der Waals surface area contributed by atoms with E-state index in [-0.39, 0.29) is 11.8 Å². The van der Waals surface area contributed by atoms with Gasteiger partial charge >= 0.3 is 0 Å². The second kappa shape index (κ2) is 6.56. The van der Waals surface area contributed by atoms with E-state index < -0.39 is 0 Å². The van der Waals surface area contributed by atoms with Gasteiger partial charge in [-0.25, -0.2) is 4.68 Å². The number of carbonyl (C=O) groups is 1. The summed E-state index contributed by atoms with van der Waals surface area (Å²) in [6.45, 7) is 1.95. The maximum atomic E-state index is 12.2. The fraction of sp³-hybridized carbons (Fsp3) is 0.357. The number of hydrogen-bond acceptors (Lipinski definition) is 4. The predicted molar refractivity (Wildman–Crippen MR) is 82.3 cm³/mol. The van der Waals surface area contributed by atoms with Crippen LogP contribution < -0.4 is 4.90 Å². The van der Waals surface area contributed by atoms with E-state index in [1.165, 1.54) is 0 Å². The number of carbonyl (C=O) groups excluding carboxylic acids is 1. The van der Waals surface area contributed by atoms with Crippen molar-refractivity contribution in [2.24, 2.45) is 5.92 Å². The molecule has 0 N–H and O–H groups in total. The average Bonchev–Trinajstić information content (AvgIpc) is 2.96. The number of anilines is 1. The summed E-state index contributed by atoms with van der Waals surface area (Å²) in [4.78, 5) is 18.0. The van der Waals surface area contributed by atoms with Crippen LogP contribution in [0.1, 0.15) is 6.92 Å². The Morgan fingerprint density at radius 1 is 1.50 bits per heavy atom. The van der Waals surface area contributed by atoms with Crippen LogP contribution in [0.5, 0.6) is 0 Å². The van der Waals surface area contributed by atoms with E-state index in [9.17, 15) is 4.79 Å². The lowest BCUT2D eigenvalue weighted by molar-refractivity contribution is -0.120. The smallest absolute Gasteiger partial charge is 0.230 e. The lowest BCUT2D eigenvalue weighted by Gasteiger charge is -2.19. The summed E-state index contributed by atoms with van der Waals surface area (Å²) < 4.78 is 1.71. The molecule has 0 aliphatic carbocycles. The van der Waals surface area contributed by atoms with Crippen LogP contribution in [0.15, 0.2) is 36.9 Å². The summed E-state index contributed by atoms with van der Waals surface area (Å²) in [5.41, 5.74) is 1.66. The Hall–Kier alpha value is -1.82. The molecule has 2 rings (SSSR count). The first kappa shape index (κ1) is 14.6. The van der Waals surface area contributed by atoms with Gasteiger partial charge in [0.05, 0.1) is 30.0 Å². The maximum Gasteiger partial charge on any atom is 0.230 e. The lowest BCUT2D eigenvalue weighted by Crippen LogP contribution is -2.32. The first-order valence-corrected chi connectivity index (χ1v) is 7.74. The third-order valence-electron chi connectivity index (χ3n) is 3.04. The molecule has 1 atom stereocenters. The molecular weight excluding hydrogens is 272 g/mol. The molecule has 0 spiro atoms. The van der Waals surface area contributed by atoms with Crippen molar-refractivity contribution in [3.8, 4) is 5.69 Å². The van der Waals surface area contributed by atoms with Gasteiger partial charge in [0.25, 0.3) is 0 Å². The molecule has 0 radical (unpaired) electrons. The van der Waals surface area contributed by atoms with E-state index in [2.05, 4.69) is 10.1 Å². The SMILES string of the molecule is CSCC(C)C(=O)N(C)c1cnn(-c2cccnc2)c1. The Bertz CT molecular complexity index is 570. The van der Waals surface area contributed by atoms with E-state index in [0.29, 0.717) is 0 Å².